The molecule has 1 saturated heterocycles. The molecular formula is C16H16BrFN2O4S2. The summed E-state index contributed by atoms with van der Waals surface area (Å²) in [5, 5.41) is 2.61. The standard InChI is InChI=1S/C16H16BrFN2O4S2/c17-11-1-3-14(18)13(9-11)16(21)19-10-12-2-4-15(25-12)26(22,23)20-5-7-24-8-6-20/h1-4,9H,5-8,10H2,(H,19,21). The maximum Gasteiger partial charge on any atom is 0.254 e. The maximum atomic E-state index is 13.7. The minimum atomic E-state index is -3.55. The van der Waals surface area contributed by atoms with Crippen molar-refractivity contribution in [3.8, 4) is 0 Å². The molecule has 1 N–H and O–H groups in total. The topological polar surface area (TPSA) is 75.7 Å². The molecule has 1 aliphatic rings. The molecule has 1 amide bonds. The number of hydrogen-bond acceptors (Lipinski definition) is 5. The Bertz CT molecular complexity index is 911. The minimum absolute atomic E-state index is 0.0721. The molecule has 0 saturated carbocycles. The summed E-state index contributed by atoms with van der Waals surface area (Å²) < 4.78 is 46.3. The monoisotopic (exact) mass is 462 g/mol. The highest BCUT2D eigenvalue weighted by Gasteiger charge is 2.27. The molecule has 2 heterocycles. The fraction of sp³-hybridized carbons (Fsp3) is 0.312. The van der Waals surface area contributed by atoms with E-state index in [9.17, 15) is 17.6 Å². The van der Waals surface area contributed by atoms with Crippen molar-refractivity contribution in [2.24, 2.45) is 0 Å². The molecule has 10 heteroatoms. The van der Waals surface area contributed by atoms with Gasteiger partial charge in [0.25, 0.3) is 15.9 Å². The number of carbonyl (C=O) groups excluding carboxylic acids is 1. The Morgan fingerprint density at radius 1 is 1.27 bits per heavy atom. The lowest BCUT2D eigenvalue weighted by atomic mass is 10.2. The molecule has 6 nitrogen and oxygen atoms in total. The SMILES string of the molecule is O=C(NCc1ccc(S(=O)(=O)N2CCOCC2)s1)c1cc(Br)ccc1F. The molecule has 1 aromatic heterocycles. The van der Waals surface area contributed by atoms with Crippen LogP contribution in [0.1, 0.15) is 15.2 Å². The van der Waals surface area contributed by atoms with Crippen molar-refractivity contribution < 1.29 is 22.3 Å². The van der Waals surface area contributed by atoms with E-state index in [-0.39, 0.29) is 16.3 Å². The van der Waals surface area contributed by atoms with Crippen molar-refractivity contribution in [2.75, 3.05) is 26.3 Å². The van der Waals surface area contributed by atoms with Crippen LogP contribution >= 0.6 is 27.3 Å². The number of ether oxygens (including phenoxy) is 1. The van der Waals surface area contributed by atoms with Crippen LogP contribution in [0.25, 0.3) is 0 Å². The molecule has 0 unspecified atom stereocenters. The third kappa shape index (κ3) is 4.32. The van der Waals surface area contributed by atoms with Crippen molar-refractivity contribution in [1.29, 1.82) is 0 Å². The smallest absolute Gasteiger partial charge is 0.254 e. The van der Waals surface area contributed by atoms with Crippen LogP contribution in [0, 0.1) is 5.82 Å². The van der Waals surface area contributed by atoms with Gasteiger partial charge in [-0.15, -0.1) is 11.3 Å². The average Bonchev–Trinajstić information content (AvgIpc) is 3.12. The third-order valence-electron chi connectivity index (χ3n) is 3.80. The van der Waals surface area contributed by atoms with Crippen molar-refractivity contribution in [3.05, 3.63) is 51.1 Å². The molecule has 1 fully saturated rings. The molecule has 0 radical (unpaired) electrons. The Morgan fingerprint density at radius 3 is 2.73 bits per heavy atom. The summed E-state index contributed by atoms with van der Waals surface area (Å²) in [6.07, 6.45) is 0. The molecule has 1 aromatic carbocycles. The molecular weight excluding hydrogens is 447 g/mol. The summed E-state index contributed by atoms with van der Waals surface area (Å²) in [5.74, 6) is -1.18. The number of carbonyl (C=O) groups is 1. The van der Waals surface area contributed by atoms with Gasteiger partial charge >= 0.3 is 0 Å². The highest BCUT2D eigenvalue weighted by atomic mass is 79.9. The van der Waals surface area contributed by atoms with Crippen molar-refractivity contribution in [1.82, 2.24) is 9.62 Å². The molecule has 0 aliphatic carbocycles. The van der Waals surface area contributed by atoms with Gasteiger partial charge in [0.2, 0.25) is 0 Å². The third-order valence-corrected chi connectivity index (χ3v) is 7.74. The Hall–Kier alpha value is -1.33. The fourth-order valence-electron chi connectivity index (χ4n) is 2.44. The van der Waals surface area contributed by atoms with Gasteiger partial charge in [0.1, 0.15) is 10.0 Å². The van der Waals surface area contributed by atoms with E-state index in [0.717, 1.165) is 11.3 Å². The Kier molecular flexibility index (Phi) is 6.08. The summed E-state index contributed by atoms with van der Waals surface area (Å²) in [6.45, 7) is 1.54. The van der Waals surface area contributed by atoms with Crippen LogP contribution in [0.15, 0.2) is 39.0 Å². The summed E-state index contributed by atoms with van der Waals surface area (Å²) >= 11 is 4.29. The van der Waals surface area contributed by atoms with E-state index in [2.05, 4.69) is 21.2 Å². The highest BCUT2D eigenvalue weighted by Crippen LogP contribution is 2.25. The van der Waals surface area contributed by atoms with Crippen LogP contribution < -0.4 is 5.32 Å². The van der Waals surface area contributed by atoms with Gasteiger partial charge in [-0.05, 0) is 30.3 Å². The van der Waals surface area contributed by atoms with Gasteiger partial charge in [-0.1, -0.05) is 15.9 Å². The Balaban J connectivity index is 1.67. The Labute approximate surface area is 163 Å². The number of rotatable bonds is 5. The zero-order valence-corrected chi connectivity index (χ0v) is 16.8. The molecule has 2 aromatic rings. The number of amides is 1. The van der Waals surface area contributed by atoms with E-state index >= 15 is 0 Å². The zero-order chi connectivity index (χ0) is 18.7. The van der Waals surface area contributed by atoms with E-state index in [1.807, 2.05) is 0 Å². The number of halogens is 2. The number of morpholine rings is 1. The van der Waals surface area contributed by atoms with Crippen LogP contribution in [-0.4, -0.2) is 44.9 Å². The highest BCUT2D eigenvalue weighted by molar-refractivity contribution is 9.10. The van der Waals surface area contributed by atoms with Gasteiger partial charge < -0.3 is 10.1 Å². The van der Waals surface area contributed by atoms with Crippen LogP contribution in [0.5, 0.6) is 0 Å². The summed E-state index contributed by atoms with van der Waals surface area (Å²) in [5.41, 5.74) is -0.0721. The van der Waals surface area contributed by atoms with Gasteiger partial charge in [-0.25, -0.2) is 12.8 Å². The van der Waals surface area contributed by atoms with Crippen LogP contribution in [0.4, 0.5) is 4.39 Å². The number of sulfonamides is 1. The second kappa shape index (κ2) is 8.13. The van der Waals surface area contributed by atoms with Crippen LogP contribution in [0.3, 0.4) is 0 Å². The predicted octanol–water partition coefficient (Wildman–Crippen LogP) is 2.60. The minimum Gasteiger partial charge on any atom is -0.379 e. The molecule has 140 valence electrons. The largest absolute Gasteiger partial charge is 0.379 e. The number of hydrogen-bond donors (Lipinski definition) is 1. The van der Waals surface area contributed by atoms with E-state index in [1.165, 1.54) is 28.6 Å². The lowest BCUT2D eigenvalue weighted by molar-refractivity contribution is 0.0731. The zero-order valence-electron chi connectivity index (χ0n) is 13.6. The lowest BCUT2D eigenvalue weighted by Gasteiger charge is -2.25. The van der Waals surface area contributed by atoms with E-state index in [0.29, 0.717) is 35.7 Å². The molecule has 1 aliphatic heterocycles. The molecule has 0 bridgehead atoms. The summed E-state index contributed by atoms with van der Waals surface area (Å²) in [6, 6.07) is 7.28. The van der Waals surface area contributed by atoms with Crippen molar-refractivity contribution in [3.63, 3.8) is 0 Å². The fourth-order valence-corrected chi connectivity index (χ4v) is 5.66. The first kappa shape index (κ1) is 19.4. The van der Waals surface area contributed by atoms with Crippen LogP contribution in [0.2, 0.25) is 0 Å². The number of benzene rings is 1. The quantitative estimate of drug-likeness (QED) is 0.740. The maximum absolute atomic E-state index is 13.7. The first-order chi connectivity index (χ1) is 12.4. The van der Waals surface area contributed by atoms with Gasteiger partial charge in [-0.3, -0.25) is 4.79 Å². The van der Waals surface area contributed by atoms with Crippen LogP contribution in [-0.2, 0) is 21.3 Å². The first-order valence-electron chi connectivity index (χ1n) is 7.78. The second-order valence-corrected chi connectivity index (χ2v) is 9.79. The predicted molar refractivity (Wildman–Crippen MR) is 99.2 cm³/mol. The first-order valence-corrected chi connectivity index (χ1v) is 10.8. The van der Waals surface area contributed by atoms with E-state index in [1.54, 1.807) is 6.07 Å². The van der Waals surface area contributed by atoms with Crippen molar-refractivity contribution in [2.45, 2.75) is 10.8 Å². The average molecular weight is 463 g/mol. The Morgan fingerprint density at radius 2 is 2.00 bits per heavy atom. The number of nitrogens with one attached hydrogen (secondary N) is 1. The summed E-state index contributed by atoms with van der Waals surface area (Å²) in [4.78, 5) is 12.8. The number of thiophene rings is 1. The lowest BCUT2D eigenvalue weighted by Crippen LogP contribution is -2.40. The number of nitrogens with zero attached hydrogens (tertiary/aromatic N) is 1. The molecule has 0 atom stereocenters. The second-order valence-electron chi connectivity index (χ2n) is 5.54. The summed E-state index contributed by atoms with van der Waals surface area (Å²) in [7, 11) is -3.55. The molecule has 3 rings (SSSR count). The van der Waals surface area contributed by atoms with Gasteiger partial charge in [-0.2, -0.15) is 4.31 Å². The van der Waals surface area contributed by atoms with E-state index < -0.39 is 21.7 Å². The van der Waals surface area contributed by atoms with Gasteiger partial charge in [0.15, 0.2) is 0 Å². The van der Waals surface area contributed by atoms with Crippen molar-refractivity contribution >= 4 is 43.2 Å². The molecule has 26 heavy (non-hydrogen) atoms. The normalized spacial score (nSPS) is 15.8. The van der Waals surface area contributed by atoms with E-state index in [4.69, 9.17) is 4.74 Å². The van der Waals surface area contributed by atoms with Gasteiger partial charge in [0.05, 0.1) is 25.3 Å². The van der Waals surface area contributed by atoms with Gasteiger partial charge in [0, 0.05) is 22.4 Å². The molecule has 0 spiro atoms.